The molecule has 1 N–H and O–H groups in total. The molecule has 0 bridgehead atoms. The van der Waals surface area contributed by atoms with Gasteiger partial charge < -0.3 is 10.1 Å². The quantitative estimate of drug-likeness (QED) is 0.713. The van der Waals surface area contributed by atoms with E-state index in [0.29, 0.717) is 6.10 Å². The van der Waals surface area contributed by atoms with E-state index >= 15 is 0 Å². The van der Waals surface area contributed by atoms with Crippen molar-refractivity contribution in [3.8, 4) is 0 Å². The summed E-state index contributed by atoms with van der Waals surface area (Å²) < 4.78 is 5.65. The van der Waals surface area contributed by atoms with E-state index in [0.717, 1.165) is 19.7 Å². The molecule has 0 saturated carbocycles. The molecule has 2 nitrogen and oxygen atoms in total. The maximum atomic E-state index is 5.65. The maximum absolute atomic E-state index is 5.65. The molecule has 1 unspecified atom stereocenters. The topological polar surface area (TPSA) is 21.3 Å². The van der Waals surface area contributed by atoms with Gasteiger partial charge in [-0.05, 0) is 33.2 Å². The summed E-state index contributed by atoms with van der Waals surface area (Å²) in [6.45, 7) is 7.15. The summed E-state index contributed by atoms with van der Waals surface area (Å²) in [5, 5.41) is 3.33. The first-order valence-corrected chi connectivity index (χ1v) is 4.74. The zero-order valence-corrected chi connectivity index (χ0v) is 9.32. The van der Waals surface area contributed by atoms with E-state index in [1.165, 1.54) is 18.4 Å². The molecule has 0 aromatic rings. The number of halogens is 1. The van der Waals surface area contributed by atoms with Crippen molar-refractivity contribution in [1.82, 2.24) is 5.32 Å². The molecule has 13 heavy (non-hydrogen) atoms. The predicted octanol–water partition coefficient (Wildman–Crippen LogP) is 2.14. The monoisotopic (exact) mass is 205 g/mol. The molecule has 0 amide bonds. The summed E-state index contributed by atoms with van der Waals surface area (Å²) in [7, 11) is 0. The molecule has 1 aliphatic rings. The minimum absolute atomic E-state index is 0. The predicted molar refractivity (Wildman–Crippen MR) is 58.5 cm³/mol. The molecule has 1 heterocycles. The maximum Gasteiger partial charge on any atom is 0.0704 e. The van der Waals surface area contributed by atoms with Crippen LogP contribution in [0.1, 0.15) is 26.7 Å². The molecule has 3 heteroatoms. The molecule has 1 atom stereocenters. The average Bonchev–Trinajstić information content (AvgIpc) is 2.05. The highest BCUT2D eigenvalue weighted by Crippen LogP contribution is 2.05. The Morgan fingerprint density at radius 1 is 1.54 bits per heavy atom. The van der Waals surface area contributed by atoms with Gasteiger partial charge in [0.1, 0.15) is 0 Å². The lowest BCUT2D eigenvalue weighted by Crippen LogP contribution is -2.35. The number of hydrogen-bond donors (Lipinski definition) is 1. The van der Waals surface area contributed by atoms with Crippen LogP contribution < -0.4 is 5.32 Å². The first kappa shape index (κ1) is 12.9. The highest BCUT2D eigenvalue weighted by atomic mass is 35.5. The summed E-state index contributed by atoms with van der Waals surface area (Å²) >= 11 is 0. The third-order valence-electron chi connectivity index (χ3n) is 2.08. The molecule has 1 aliphatic heterocycles. The Kier molecular flexibility index (Phi) is 7.33. The summed E-state index contributed by atoms with van der Waals surface area (Å²) in [6, 6.07) is 0. The number of nitrogens with one attached hydrogen (secondary N) is 1. The smallest absolute Gasteiger partial charge is 0.0704 e. The van der Waals surface area contributed by atoms with Crippen LogP contribution >= 0.6 is 12.4 Å². The minimum atomic E-state index is 0. The molecular weight excluding hydrogens is 186 g/mol. The van der Waals surface area contributed by atoms with Crippen LogP contribution in [0, 0.1) is 0 Å². The van der Waals surface area contributed by atoms with Gasteiger partial charge >= 0.3 is 0 Å². The third-order valence-corrected chi connectivity index (χ3v) is 2.08. The van der Waals surface area contributed by atoms with E-state index in [9.17, 15) is 0 Å². The lowest BCUT2D eigenvalue weighted by molar-refractivity contribution is 0.0556. The lowest BCUT2D eigenvalue weighted by atomic mass is 10.1. The minimum Gasteiger partial charge on any atom is -0.373 e. The first-order valence-electron chi connectivity index (χ1n) is 4.74. The second kappa shape index (κ2) is 7.36. The van der Waals surface area contributed by atoms with Gasteiger partial charge in [-0.2, -0.15) is 0 Å². The van der Waals surface area contributed by atoms with Crippen LogP contribution in [0.5, 0.6) is 0 Å². The number of rotatable bonds is 3. The Hall–Kier alpha value is -0.0500. The summed E-state index contributed by atoms with van der Waals surface area (Å²) in [5.41, 5.74) is 1.33. The molecule has 0 aliphatic carbocycles. The molecule has 1 fully saturated rings. The highest BCUT2D eigenvalue weighted by molar-refractivity contribution is 5.85. The van der Waals surface area contributed by atoms with Crippen LogP contribution in [0.4, 0.5) is 0 Å². The van der Waals surface area contributed by atoms with Gasteiger partial charge in [0, 0.05) is 6.54 Å². The summed E-state index contributed by atoms with van der Waals surface area (Å²) in [4.78, 5) is 0. The van der Waals surface area contributed by atoms with Crippen molar-refractivity contribution in [2.45, 2.75) is 32.8 Å². The molecule has 78 valence electrons. The van der Waals surface area contributed by atoms with Gasteiger partial charge in [-0.15, -0.1) is 12.4 Å². The van der Waals surface area contributed by atoms with Crippen LogP contribution in [0.25, 0.3) is 0 Å². The van der Waals surface area contributed by atoms with Crippen molar-refractivity contribution in [2.75, 3.05) is 19.7 Å². The Bertz CT molecular complexity index is 149. The molecule has 1 saturated heterocycles. The molecule has 1 rings (SSSR count). The van der Waals surface area contributed by atoms with Crippen molar-refractivity contribution in [2.24, 2.45) is 0 Å². The van der Waals surface area contributed by atoms with Gasteiger partial charge in [-0.3, -0.25) is 0 Å². The number of hydrogen-bond acceptors (Lipinski definition) is 2. The Morgan fingerprint density at radius 2 is 2.31 bits per heavy atom. The lowest BCUT2D eigenvalue weighted by Gasteiger charge is -2.22. The standard InChI is InChI=1S/C10H19NO.ClH/c1-9(2)5-7-12-10-4-3-6-11-8-10;/h5,10-11H,3-4,6-8H2,1-2H3;1H. The molecule has 0 aromatic heterocycles. The largest absolute Gasteiger partial charge is 0.373 e. The SMILES string of the molecule is CC(C)=CCOC1CCCNC1.Cl. The molecule has 0 spiro atoms. The number of allylic oxidation sites excluding steroid dienone is 1. The summed E-state index contributed by atoms with van der Waals surface area (Å²) in [6.07, 6.45) is 5.03. The van der Waals surface area contributed by atoms with Crippen molar-refractivity contribution in [3.05, 3.63) is 11.6 Å². The second-order valence-electron chi connectivity index (χ2n) is 3.58. The van der Waals surface area contributed by atoms with Crippen molar-refractivity contribution < 1.29 is 4.74 Å². The molecular formula is C10H20ClNO. The van der Waals surface area contributed by atoms with Crippen LogP contribution in [-0.2, 0) is 4.74 Å². The zero-order valence-electron chi connectivity index (χ0n) is 8.51. The van der Waals surface area contributed by atoms with E-state index in [4.69, 9.17) is 4.74 Å². The van der Waals surface area contributed by atoms with Crippen LogP contribution in [-0.4, -0.2) is 25.8 Å². The van der Waals surface area contributed by atoms with Crippen molar-refractivity contribution in [1.29, 1.82) is 0 Å². The van der Waals surface area contributed by atoms with E-state index in [1.54, 1.807) is 0 Å². The molecule has 0 aromatic carbocycles. The number of ether oxygens (including phenoxy) is 1. The Balaban J connectivity index is 0.00000144. The van der Waals surface area contributed by atoms with Gasteiger partial charge in [0.05, 0.1) is 12.7 Å². The van der Waals surface area contributed by atoms with E-state index < -0.39 is 0 Å². The van der Waals surface area contributed by atoms with Crippen LogP contribution in [0.15, 0.2) is 11.6 Å². The van der Waals surface area contributed by atoms with Crippen LogP contribution in [0.3, 0.4) is 0 Å². The molecule has 0 radical (unpaired) electrons. The zero-order chi connectivity index (χ0) is 8.81. The summed E-state index contributed by atoms with van der Waals surface area (Å²) in [5.74, 6) is 0. The van der Waals surface area contributed by atoms with Gasteiger partial charge in [0.25, 0.3) is 0 Å². The van der Waals surface area contributed by atoms with E-state index in [-0.39, 0.29) is 12.4 Å². The van der Waals surface area contributed by atoms with Crippen LogP contribution in [0.2, 0.25) is 0 Å². The normalized spacial score (nSPS) is 21.8. The average molecular weight is 206 g/mol. The van der Waals surface area contributed by atoms with Gasteiger partial charge in [-0.1, -0.05) is 11.6 Å². The van der Waals surface area contributed by atoms with Crippen molar-refractivity contribution >= 4 is 12.4 Å². The number of piperidine rings is 1. The van der Waals surface area contributed by atoms with Gasteiger partial charge in [-0.25, -0.2) is 0 Å². The fraction of sp³-hybridized carbons (Fsp3) is 0.800. The van der Waals surface area contributed by atoms with Gasteiger partial charge in [0.15, 0.2) is 0 Å². The third kappa shape index (κ3) is 6.08. The van der Waals surface area contributed by atoms with E-state index in [1.807, 2.05) is 0 Å². The fourth-order valence-corrected chi connectivity index (χ4v) is 1.31. The van der Waals surface area contributed by atoms with Gasteiger partial charge in [0.2, 0.25) is 0 Å². The first-order chi connectivity index (χ1) is 5.79. The Morgan fingerprint density at radius 3 is 2.85 bits per heavy atom. The van der Waals surface area contributed by atoms with E-state index in [2.05, 4.69) is 25.2 Å². The Labute approximate surface area is 87.1 Å². The fourth-order valence-electron chi connectivity index (χ4n) is 1.31. The van der Waals surface area contributed by atoms with Crippen molar-refractivity contribution in [3.63, 3.8) is 0 Å². The second-order valence-corrected chi connectivity index (χ2v) is 3.58. The highest BCUT2D eigenvalue weighted by Gasteiger charge is 2.11.